The number of benzene rings is 1. The fourth-order valence-corrected chi connectivity index (χ4v) is 6.06. The Morgan fingerprint density at radius 2 is 1.83 bits per heavy atom. The van der Waals surface area contributed by atoms with Crippen LogP contribution < -0.4 is 9.64 Å². The van der Waals surface area contributed by atoms with E-state index in [9.17, 15) is 10.1 Å². The molecule has 0 aliphatic heterocycles. The molecule has 0 saturated heterocycles. The van der Waals surface area contributed by atoms with Gasteiger partial charge in [0.1, 0.15) is 11.8 Å². The van der Waals surface area contributed by atoms with Crippen molar-refractivity contribution < 1.29 is 9.53 Å². The second-order valence-corrected chi connectivity index (χ2v) is 10.6. The molecule has 1 aromatic heterocycles. The van der Waals surface area contributed by atoms with E-state index in [-0.39, 0.29) is 16.9 Å². The highest BCUT2D eigenvalue weighted by Gasteiger charge is 2.48. The molecule has 2 aromatic rings. The number of anilines is 1. The van der Waals surface area contributed by atoms with E-state index in [0.29, 0.717) is 18.3 Å². The number of rotatable bonds is 10. The summed E-state index contributed by atoms with van der Waals surface area (Å²) >= 11 is 0. The zero-order valence-corrected chi connectivity index (χ0v) is 22.0. The average Bonchev–Trinajstić information content (AvgIpc) is 2.88. The van der Waals surface area contributed by atoms with E-state index in [1.807, 2.05) is 13.1 Å². The van der Waals surface area contributed by atoms with Gasteiger partial charge in [0.15, 0.2) is 0 Å². The molecule has 0 radical (unpaired) electrons. The Balaban J connectivity index is 1.65. The summed E-state index contributed by atoms with van der Waals surface area (Å²) in [6.45, 7) is 1.45. The first kappa shape index (κ1) is 25.9. The van der Waals surface area contributed by atoms with Crippen LogP contribution in [-0.2, 0) is 10.3 Å². The number of carbonyl (C=O) groups excluding carboxylic acids is 1. The monoisotopic (exact) mass is 490 g/mol. The van der Waals surface area contributed by atoms with Gasteiger partial charge in [-0.2, -0.15) is 10.2 Å². The molecule has 8 nitrogen and oxygen atoms in total. The molecule has 0 unspecified atom stereocenters. The summed E-state index contributed by atoms with van der Waals surface area (Å²) in [5.74, 6) is 1.04. The van der Waals surface area contributed by atoms with Crippen molar-refractivity contribution in [2.75, 3.05) is 46.2 Å². The third-order valence-corrected chi connectivity index (χ3v) is 8.56. The van der Waals surface area contributed by atoms with Crippen LogP contribution in [-0.4, -0.2) is 73.1 Å². The first-order valence-electron chi connectivity index (χ1n) is 12.8. The summed E-state index contributed by atoms with van der Waals surface area (Å²) in [7, 11) is 7.87. The number of amides is 1. The van der Waals surface area contributed by atoms with Gasteiger partial charge in [0.2, 0.25) is 18.1 Å². The fourth-order valence-electron chi connectivity index (χ4n) is 6.06. The summed E-state index contributed by atoms with van der Waals surface area (Å²) in [6.07, 6.45) is 10.0. The lowest BCUT2D eigenvalue weighted by Crippen LogP contribution is -2.61. The topological polar surface area (TPSA) is 85.6 Å². The van der Waals surface area contributed by atoms with Crippen LogP contribution in [0.3, 0.4) is 0 Å². The maximum Gasteiger partial charge on any atom is 0.241 e. The lowest BCUT2D eigenvalue weighted by molar-refractivity contribution is -0.128. The molecule has 36 heavy (non-hydrogen) atoms. The maximum atomic E-state index is 12.6. The van der Waals surface area contributed by atoms with Crippen molar-refractivity contribution in [1.82, 2.24) is 19.8 Å². The Morgan fingerprint density at radius 1 is 1.14 bits per heavy atom. The predicted molar refractivity (Wildman–Crippen MR) is 140 cm³/mol. The maximum absolute atomic E-state index is 12.6. The van der Waals surface area contributed by atoms with Gasteiger partial charge in [-0.25, -0.2) is 4.98 Å². The van der Waals surface area contributed by atoms with Crippen molar-refractivity contribution in [3.8, 4) is 11.9 Å². The summed E-state index contributed by atoms with van der Waals surface area (Å²) in [5.41, 5.74) is 1.66. The van der Waals surface area contributed by atoms with Gasteiger partial charge in [-0.3, -0.25) is 9.69 Å². The van der Waals surface area contributed by atoms with Crippen LogP contribution in [0.2, 0.25) is 0 Å². The molecule has 2 aliphatic carbocycles. The molecule has 4 rings (SSSR count). The average molecular weight is 491 g/mol. The van der Waals surface area contributed by atoms with Gasteiger partial charge >= 0.3 is 0 Å². The molecule has 0 bridgehead atoms. The second-order valence-electron chi connectivity index (χ2n) is 10.6. The molecule has 0 atom stereocenters. The van der Waals surface area contributed by atoms with E-state index in [1.54, 1.807) is 13.3 Å². The van der Waals surface area contributed by atoms with Crippen molar-refractivity contribution in [2.45, 2.75) is 56.0 Å². The minimum Gasteiger partial charge on any atom is -0.479 e. The fraction of sp³-hybridized carbons (Fsp3) is 0.571. The SMILES string of the molecule is COc1nc(C#N)ncc1N(C)C[C@]1(N(C=O)CC2CCC2)CC[C@@](c2ccccc2)(N(C)C)CC1. The molecule has 1 amide bonds. The summed E-state index contributed by atoms with van der Waals surface area (Å²) in [5, 5.41) is 9.20. The first-order chi connectivity index (χ1) is 17.4. The molecular formula is C28H38N6O2. The van der Waals surface area contributed by atoms with E-state index >= 15 is 0 Å². The number of hydrogen-bond acceptors (Lipinski definition) is 7. The van der Waals surface area contributed by atoms with Crippen molar-refractivity contribution >= 4 is 12.1 Å². The van der Waals surface area contributed by atoms with Gasteiger partial charge in [0.05, 0.1) is 18.8 Å². The number of hydrogen-bond donors (Lipinski definition) is 0. The van der Waals surface area contributed by atoms with Crippen LogP contribution in [0.15, 0.2) is 36.5 Å². The van der Waals surface area contributed by atoms with Crippen LogP contribution >= 0.6 is 0 Å². The lowest BCUT2D eigenvalue weighted by atomic mass is 9.67. The van der Waals surface area contributed by atoms with Crippen LogP contribution in [0.25, 0.3) is 0 Å². The van der Waals surface area contributed by atoms with Gasteiger partial charge in [0.25, 0.3) is 0 Å². The van der Waals surface area contributed by atoms with E-state index in [4.69, 9.17) is 4.74 Å². The molecule has 2 fully saturated rings. The van der Waals surface area contributed by atoms with Crippen molar-refractivity contribution in [3.05, 3.63) is 47.9 Å². The van der Waals surface area contributed by atoms with E-state index in [0.717, 1.165) is 44.3 Å². The minimum atomic E-state index is -0.320. The smallest absolute Gasteiger partial charge is 0.241 e. The number of likely N-dealkylation sites (N-methyl/N-ethyl adjacent to an activating group) is 1. The summed E-state index contributed by atoms with van der Waals surface area (Å²) in [4.78, 5) is 27.5. The quantitative estimate of drug-likeness (QED) is 0.468. The Morgan fingerprint density at radius 3 is 2.36 bits per heavy atom. The standard InChI is InChI=1S/C28H38N6O2/c1-32(2)28(23-11-6-5-7-12-23)15-13-27(14-16-28,34(21-35)19-22-9-8-10-22)20-33(3)24-18-30-25(17-29)31-26(24)36-4/h5-7,11-12,18,21-22H,8-10,13-16,19-20H2,1-4H3/t27-,28+. The molecule has 1 heterocycles. The highest BCUT2D eigenvalue weighted by Crippen LogP contribution is 2.47. The van der Waals surface area contributed by atoms with Crippen molar-refractivity contribution in [1.29, 1.82) is 5.26 Å². The Labute approximate surface area is 214 Å². The first-order valence-corrected chi connectivity index (χ1v) is 12.8. The number of aromatic nitrogens is 2. The number of methoxy groups -OCH3 is 1. The Bertz CT molecular complexity index is 1070. The van der Waals surface area contributed by atoms with Crippen LogP contribution in [0.5, 0.6) is 5.88 Å². The minimum absolute atomic E-state index is 0.0659. The zero-order valence-electron chi connectivity index (χ0n) is 22.0. The molecule has 1 aromatic carbocycles. The zero-order chi connectivity index (χ0) is 25.8. The molecule has 0 N–H and O–H groups in total. The number of ether oxygens (including phenoxy) is 1. The lowest BCUT2D eigenvalue weighted by Gasteiger charge is -2.54. The van der Waals surface area contributed by atoms with Crippen LogP contribution in [0, 0.1) is 17.2 Å². The third kappa shape index (κ3) is 4.90. The summed E-state index contributed by atoms with van der Waals surface area (Å²) in [6, 6.07) is 12.7. The molecular weight excluding hydrogens is 452 g/mol. The van der Waals surface area contributed by atoms with Gasteiger partial charge in [0, 0.05) is 25.7 Å². The molecule has 2 saturated carbocycles. The van der Waals surface area contributed by atoms with E-state index < -0.39 is 0 Å². The molecule has 8 heteroatoms. The largest absolute Gasteiger partial charge is 0.479 e. The summed E-state index contributed by atoms with van der Waals surface area (Å²) < 4.78 is 5.50. The van der Waals surface area contributed by atoms with Gasteiger partial charge < -0.3 is 14.5 Å². The molecule has 192 valence electrons. The number of nitriles is 1. The molecule has 2 aliphatic rings. The van der Waals surface area contributed by atoms with E-state index in [2.05, 4.69) is 69.1 Å². The van der Waals surface area contributed by atoms with Crippen molar-refractivity contribution in [2.24, 2.45) is 5.92 Å². The number of nitrogens with zero attached hydrogens (tertiary/aromatic N) is 6. The number of carbonyl (C=O) groups is 1. The van der Waals surface area contributed by atoms with Gasteiger partial charge in [-0.15, -0.1) is 0 Å². The molecule has 0 spiro atoms. The highest BCUT2D eigenvalue weighted by atomic mass is 16.5. The van der Waals surface area contributed by atoms with Crippen LogP contribution in [0.1, 0.15) is 56.3 Å². The highest BCUT2D eigenvalue weighted by molar-refractivity contribution is 5.55. The predicted octanol–water partition coefficient (Wildman–Crippen LogP) is 3.82. The second kappa shape index (κ2) is 10.8. The third-order valence-electron chi connectivity index (χ3n) is 8.56. The Kier molecular flexibility index (Phi) is 7.79. The Hall–Kier alpha value is -3.18. The van der Waals surface area contributed by atoms with Crippen LogP contribution in [0.4, 0.5) is 5.69 Å². The van der Waals surface area contributed by atoms with E-state index in [1.165, 1.54) is 24.8 Å². The normalized spacial score (nSPS) is 24.0. The van der Waals surface area contributed by atoms with Gasteiger partial charge in [-0.05, 0) is 64.1 Å². The van der Waals surface area contributed by atoms with Gasteiger partial charge in [-0.1, -0.05) is 36.8 Å². The van der Waals surface area contributed by atoms with Crippen molar-refractivity contribution in [3.63, 3.8) is 0 Å².